The van der Waals surface area contributed by atoms with Gasteiger partial charge in [-0.3, -0.25) is 0 Å². The molecule has 0 bridgehead atoms. The molecule has 0 fully saturated rings. The van der Waals surface area contributed by atoms with E-state index < -0.39 is 17.7 Å². The molecule has 13 heavy (non-hydrogen) atoms. The molecule has 0 saturated carbocycles. The van der Waals surface area contributed by atoms with Gasteiger partial charge in [0.15, 0.2) is 11.6 Å². The Morgan fingerprint density at radius 3 is 2.77 bits per heavy atom. The van der Waals surface area contributed by atoms with Crippen molar-refractivity contribution in [3.8, 4) is 0 Å². The fourth-order valence-corrected chi connectivity index (χ4v) is 1.95. The molecular formula is C10H10F2O. The van der Waals surface area contributed by atoms with Crippen molar-refractivity contribution in [1.82, 2.24) is 0 Å². The Labute approximate surface area is 75.0 Å². The molecule has 1 N–H and O–H groups in total. The van der Waals surface area contributed by atoms with Gasteiger partial charge in [-0.1, -0.05) is 13.0 Å². The van der Waals surface area contributed by atoms with Crippen molar-refractivity contribution in [3.63, 3.8) is 0 Å². The van der Waals surface area contributed by atoms with Crippen LogP contribution in [0.5, 0.6) is 0 Å². The predicted molar refractivity (Wildman–Crippen MR) is 44.3 cm³/mol. The lowest BCUT2D eigenvalue weighted by atomic mass is 10.0. The van der Waals surface area contributed by atoms with Crippen LogP contribution in [-0.2, 0) is 0 Å². The summed E-state index contributed by atoms with van der Waals surface area (Å²) in [6.45, 7) is 1.79. The van der Waals surface area contributed by atoms with Crippen LogP contribution < -0.4 is 0 Å². The molecule has 70 valence electrons. The van der Waals surface area contributed by atoms with Gasteiger partial charge in [0.1, 0.15) is 0 Å². The van der Waals surface area contributed by atoms with Crippen LogP contribution in [0.15, 0.2) is 12.1 Å². The molecule has 0 aromatic heterocycles. The average molecular weight is 184 g/mol. The molecule has 0 amide bonds. The van der Waals surface area contributed by atoms with Gasteiger partial charge in [-0.15, -0.1) is 0 Å². The molecule has 0 aliphatic heterocycles. The lowest BCUT2D eigenvalue weighted by Crippen LogP contribution is -1.96. The van der Waals surface area contributed by atoms with Gasteiger partial charge >= 0.3 is 0 Å². The fraction of sp³-hybridized carbons (Fsp3) is 0.400. The minimum absolute atomic E-state index is 0.0966. The van der Waals surface area contributed by atoms with Crippen molar-refractivity contribution >= 4 is 0 Å². The maximum Gasteiger partial charge on any atom is 0.162 e. The van der Waals surface area contributed by atoms with Crippen molar-refractivity contribution in [3.05, 3.63) is 34.9 Å². The minimum atomic E-state index is -0.834. The summed E-state index contributed by atoms with van der Waals surface area (Å²) in [6, 6.07) is 2.53. The summed E-state index contributed by atoms with van der Waals surface area (Å²) < 4.78 is 26.1. The molecule has 1 aliphatic carbocycles. The van der Waals surface area contributed by atoms with Gasteiger partial charge in [0, 0.05) is 0 Å². The summed E-state index contributed by atoms with van der Waals surface area (Å²) in [5.41, 5.74) is 0.874. The van der Waals surface area contributed by atoms with Crippen LogP contribution in [0.3, 0.4) is 0 Å². The Kier molecular flexibility index (Phi) is 1.84. The SMILES string of the molecule is CC1CC(O)c2ccc(F)c(F)c21. The standard InChI is InChI=1S/C10H10F2O/c1-5-4-8(13)6-2-3-7(11)10(12)9(5)6/h2-3,5,8,13H,4H2,1H3. The molecule has 3 heteroatoms. The van der Waals surface area contributed by atoms with Crippen molar-refractivity contribution in [2.45, 2.75) is 25.4 Å². The highest BCUT2D eigenvalue weighted by Crippen LogP contribution is 2.41. The highest BCUT2D eigenvalue weighted by Gasteiger charge is 2.30. The van der Waals surface area contributed by atoms with Crippen molar-refractivity contribution in [2.75, 3.05) is 0 Å². The first kappa shape index (κ1) is 8.63. The predicted octanol–water partition coefficient (Wildman–Crippen LogP) is 2.51. The van der Waals surface area contributed by atoms with Crippen molar-refractivity contribution in [1.29, 1.82) is 0 Å². The number of hydrogen-bond donors (Lipinski definition) is 1. The maximum atomic E-state index is 13.2. The van der Waals surface area contributed by atoms with E-state index in [1.54, 1.807) is 6.92 Å². The van der Waals surface area contributed by atoms with Gasteiger partial charge in [-0.2, -0.15) is 0 Å². The molecule has 2 rings (SSSR count). The van der Waals surface area contributed by atoms with Crippen LogP contribution in [0.4, 0.5) is 8.78 Å². The van der Waals surface area contributed by atoms with Crippen molar-refractivity contribution in [2.24, 2.45) is 0 Å². The molecule has 0 spiro atoms. The summed E-state index contributed by atoms with van der Waals surface area (Å²) in [5, 5.41) is 9.48. The Balaban J connectivity index is 2.64. The van der Waals surface area contributed by atoms with Crippen LogP contribution in [0.25, 0.3) is 0 Å². The average Bonchev–Trinajstić information content (AvgIpc) is 2.35. The van der Waals surface area contributed by atoms with E-state index in [1.807, 2.05) is 0 Å². The van der Waals surface area contributed by atoms with E-state index in [2.05, 4.69) is 0 Å². The second-order valence-electron chi connectivity index (χ2n) is 3.52. The smallest absolute Gasteiger partial charge is 0.162 e. The highest BCUT2D eigenvalue weighted by atomic mass is 19.2. The molecule has 1 aliphatic rings. The molecule has 0 saturated heterocycles. The van der Waals surface area contributed by atoms with Crippen LogP contribution >= 0.6 is 0 Å². The number of aliphatic hydroxyl groups excluding tert-OH is 1. The summed E-state index contributed by atoms with van der Waals surface area (Å²) in [5.74, 6) is -1.73. The fourth-order valence-electron chi connectivity index (χ4n) is 1.95. The van der Waals surface area contributed by atoms with E-state index in [0.29, 0.717) is 17.5 Å². The summed E-state index contributed by atoms with van der Waals surface area (Å²) in [7, 11) is 0. The molecule has 1 aromatic rings. The molecule has 1 aromatic carbocycles. The van der Waals surface area contributed by atoms with E-state index in [0.717, 1.165) is 6.07 Å². The zero-order valence-corrected chi connectivity index (χ0v) is 7.22. The second kappa shape index (κ2) is 2.77. The summed E-state index contributed by atoms with van der Waals surface area (Å²) in [6.07, 6.45) is -0.157. The number of hydrogen-bond acceptors (Lipinski definition) is 1. The highest BCUT2D eigenvalue weighted by molar-refractivity contribution is 5.38. The Morgan fingerprint density at radius 2 is 2.08 bits per heavy atom. The third-order valence-corrected chi connectivity index (χ3v) is 2.59. The first-order valence-corrected chi connectivity index (χ1v) is 4.27. The monoisotopic (exact) mass is 184 g/mol. The Bertz CT molecular complexity index is 349. The third-order valence-electron chi connectivity index (χ3n) is 2.59. The second-order valence-corrected chi connectivity index (χ2v) is 3.52. The number of fused-ring (bicyclic) bond motifs is 1. The lowest BCUT2D eigenvalue weighted by molar-refractivity contribution is 0.174. The topological polar surface area (TPSA) is 20.2 Å². The van der Waals surface area contributed by atoms with E-state index in [4.69, 9.17) is 0 Å². The minimum Gasteiger partial charge on any atom is -0.388 e. The molecule has 1 nitrogen and oxygen atoms in total. The Hall–Kier alpha value is -0.960. The van der Waals surface area contributed by atoms with Gasteiger partial charge in [-0.05, 0) is 29.5 Å². The molecular weight excluding hydrogens is 174 g/mol. The van der Waals surface area contributed by atoms with Gasteiger partial charge in [-0.25, -0.2) is 8.78 Å². The normalized spacial score (nSPS) is 26.2. The number of halogens is 2. The van der Waals surface area contributed by atoms with E-state index in [9.17, 15) is 13.9 Å². The number of benzene rings is 1. The van der Waals surface area contributed by atoms with E-state index in [-0.39, 0.29) is 5.92 Å². The lowest BCUT2D eigenvalue weighted by Gasteiger charge is -2.05. The van der Waals surface area contributed by atoms with Crippen LogP contribution in [-0.4, -0.2) is 5.11 Å². The first-order valence-electron chi connectivity index (χ1n) is 4.27. The van der Waals surface area contributed by atoms with E-state index >= 15 is 0 Å². The van der Waals surface area contributed by atoms with Gasteiger partial charge in [0.05, 0.1) is 6.10 Å². The summed E-state index contributed by atoms with van der Waals surface area (Å²) in [4.78, 5) is 0. The quantitative estimate of drug-likeness (QED) is 0.656. The van der Waals surface area contributed by atoms with Crippen LogP contribution in [0, 0.1) is 11.6 Å². The molecule has 2 atom stereocenters. The van der Waals surface area contributed by atoms with Crippen LogP contribution in [0.2, 0.25) is 0 Å². The van der Waals surface area contributed by atoms with E-state index in [1.165, 1.54) is 6.07 Å². The number of rotatable bonds is 0. The summed E-state index contributed by atoms with van der Waals surface area (Å²) >= 11 is 0. The largest absolute Gasteiger partial charge is 0.388 e. The molecule has 0 heterocycles. The zero-order valence-electron chi connectivity index (χ0n) is 7.22. The van der Waals surface area contributed by atoms with Gasteiger partial charge < -0.3 is 5.11 Å². The third kappa shape index (κ3) is 1.15. The molecule has 0 radical (unpaired) electrons. The molecule has 2 unspecified atom stereocenters. The zero-order chi connectivity index (χ0) is 9.59. The maximum absolute atomic E-state index is 13.2. The van der Waals surface area contributed by atoms with Gasteiger partial charge in [0.25, 0.3) is 0 Å². The van der Waals surface area contributed by atoms with Crippen LogP contribution in [0.1, 0.15) is 36.5 Å². The van der Waals surface area contributed by atoms with Crippen molar-refractivity contribution < 1.29 is 13.9 Å². The van der Waals surface area contributed by atoms with Gasteiger partial charge in [0.2, 0.25) is 0 Å². The first-order chi connectivity index (χ1) is 6.11. The number of aliphatic hydroxyl groups is 1. The Morgan fingerprint density at radius 1 is 1.38 bits per heavy atom.